The van der Waals surface area contributed by atoms with Gasteiger partial charge in [0.15, 0.2) is 0 Å². The minimum Gasteiger partial charge on any atom is -0.399 e. The molecule has 0 bridgehead atoms. The molecule has 0 atom stereocenters. The molecule has 0 aromatic rings. The van der Waals surface area contributed by atoms with Gasteiger partial charge in [0.05, 0.1) is 0 Å². The van der Waals surface area contributed by atoms with Gasteiger partial charge in [-0.1, -0.05) is 13.0 Å². The Kier molecular flexibility index (Phi) is 4.50. The van der Waals surface area contributed by atoms with E-state index in [2.05, 4.69) is 0 Å². The molecule has 0 saturated heterocycles. The third-order valence-electron chi connectivity index (χ3n) is 0.822. The maximum atomic E-state index is 6.65. The Morgan fingerprint density at radius 2 is 2.33 bits per heavy atom. The van der Waals surface area contributed by atoms with E-state index in [1.165, 1.54) is 6.21 Å². The Hall–Kier alpha value is -1.05. The summed E-state index contributed by atoms with van der Waals surface area (Å²) in [7, 11) is 0. The molecule has 0 unspecified atom stereocenters. The van der Waals surface area contributed by atoms with Crippen molar-refractivity contribution in [2.24, 2.45) is 5.73 Å². The van der Waals surface area contributed by atoms with Crippen LogP contribution in [-0.2, 0) is 0 Å². The predicted octanol–water partition coefficient (Wildman–Crippen LogP) is 1.44. The van der Waals surface area contributed by atoms with Gasteiger partial charge in [-0.15, -0.1) is 0 Å². The van der Waals surface area contributed by atoms with Crippen LogP contribution >= 0.6 is 0 Å². The quantitative estimate of drug-likeness (QED) is 0.434. The van der Waals surface area contributed by atoms with E-state index in [0.717, 1.165) is 6.42 Å². The van der Waals surface area contributed by atoms with Crippen molar-refractivity contribution < 1.29 is 0 Å². The van der Waals surface area contributed by atoms with Gasteiger partial charge in [0.2, 0.25) is 0 Å². The lowest BCUT2D eigenvalue weighted by atomic mass is 10.3. The third-order valence-corrected chi connectivity index (χ3v) is 0.822. The van der Waals surface area contributed by atoms with Gasteiger partial charge >= 0.3 is 0 Å². The second-order valence-electron chi connectivity index (χ2n) is 1.64. The molecule has 0 amide bonds. The van der Waals surface area contributed by atoms with Crippen LogP contribution in [-0.4, -0.2) is 6.21 Å². The van der Waals surface area contributed by atoms with E-state index in [1.807, 2.05) is 13.0 Å². The maximum absolute atomic E-state index is 6.65. The van der Waals surface area contributed by atoms with Gasteiger partial charge in [0.25, 0.3) is 0 Å². The highest BCUT2D eigenvalue weighted by molar-refractivity contribution is 5.69. The van der Waals surface area contributed by atoms with E-state index < -0.39 is 0 Å². The van der Waals surface area contributed by atoms with Crippen molar-refractivity contribution in [3.63, 3.8) is 0 Å². The van der Waals surface area contributed by atoms with Crippen molar-refractivity contribution in [3.8, 4) is 0 Å². The van der Waals surface area contributed by atoms with Gasteiger partial charge in [-0.05, 0) is 18.6 Å². The molecule has 0 aromatic heterocycles. The van der Waals surface area contributed by atoms with E-state index in [-0.39, 0.29) is 0 Å². The zero-order chi connectivity index (χ0) is 7.11. The van der Waals surface area contributed by atoms with Gasteiger partial charge < -0.3 is 11.1 Å². The summed E-state index contributed by atoms with van der Waals surface area (Å²) >= 11 is 0. The smallest absolute Gasteiger partial charge is 0.0325 e. The van der Waals surface area contributed by atoms with Crippen LogP contribution in [0.2, 0.25) is 0 Å². The first-order valence-corrected chi connectivity index (χ1v) is 2.94. The number of hydrogen-bond acceptors (Lipinski definition) is 2. The fraction of sp³-hybridized carbons (Fsp3) is 0.286. The van der Waals surface area contributed by atoms with Crippen LogP contribution in [0.25, 0.3) is 0 Å². The fourth-order valence-electron chi connectivity index (χ4n) is 0.406. The second kappa shape index (κ2) is 5.09. The molecule has 3 N–H and O–H groups in total. The van der Waals surface area contributed by atoms with E-state index >= 15 is 0 Å². The minimum atomic E-state index is 0.631. The number of allylic oxidation sites excluding steroid dienone is 3. The van der Waals surface area contributed by atoms with Crippen molar-refractivity contribution in [1.82, 2.24) is 0 Å². The van der Waals surface area contributed by atoms with Gasteiger partial charge in [0, 0.05) is 11.9 Å². The van der Waals surface area contributed by atoms with E-state index in [4.69, 9.17) is 11.1 Å². The standard InChI is InChI=1S/C7H12N2/c1-2-3-4-7(9)5-6-8/h3-6,8H,2,9H2,1H3/b4-3+,7-5-,8-6?. The van der Waals surface area contributed by atoms with Crippen LogP contribution in [0.1, 0.15) is 13.3 Å². The van der Waals surface area contributed by atoms with Crippen LogP contribution < -0.4 is 5.73 Å². The summed E-state index contributed by atoms with van der Waals surface area (Å²) in [6.07, 6.45) is 7.45. The van der Waals surface area contributed by atoms with Gasteiger partial charge in [-0.2, -0.15) is 0 Å². The van der Waals surface area contributed by atoms with E-state index in [0.29, 0.717) is 5.70 Å². The molecule has 2 heteroatoms. The van der Waals surface area contributed by atoms with Gasteiger partial charge in [-0.3, -0.25) is 0 Å². The molecule has 9 heavy (non-hydrogen) atoms. The van der Waals surface area contributed by atoms with Gasteiger partial charge in [0.1, 0.15) is 0 Å². The first-order chi connectivity index (χ1) is 4.31. The molecule has 0 aliphatic heterocycles. The van der Waals surface area contributed by atoms with Crippen molar-refractivity contribution in [2.45, 2.75) is 13.3 Å². The topological polar surface area (TPSA) is 49.9 Å². The summed E-state index contributed by atoms with van der Waals surface area (Å²) in [5, 5.41) is 6.65. The van der Waals surface area contributed by atoms with Crippen molar-refractivity contribution >= 4 is 6.21 Å². The Labute approximate surface area is 55.6 Å². The average Bonchev–Trinajstić information content (AvgIpc) is 1.85. The lowest BCUT2D eigenvalue weighted by Gasteiger charge is -1.85. The molecule has 0 fully saturated rings. The molecule has 0 heterocycles. The zero-order valence-electron chi connectivity index (χ0n) is 5.59. The Morgan fingerprint density at radius 3 is 2.78 bits per heavy atom. The summed E-state index contributed by atoms with van der Waals surface area (Å²) in [6, 6.07) is 0. The second-order valence-corrected chi connectivity index (χ2v) is 1.64. The van der Waals surface area contributed by atoms with Crippen molar-refractivity contribution in [3.05, 3.63) is 23.9 Å². The minimum absolute atomic E-state index is 0.631. The maximum Gasteiger partial charge on any atom is 0.0325 e. The highest BCUT2D eigenvalue weighted by Crippen LogP contribution is 1.86. The molecule has 0 saturated carbocycles. The largest absolute Gasteiger partial charge is 0.399 e. The lowest BCUT2D eigenvalue weighted by Crippen LogP contribution is -1.91. The molecular formula is C7H12N2. The summed E-state index contributed by atoms with van der Waals surface area (Å²) < 4.78 is 0. The zero-order valence-corrected chi connectivity index (χ0v) is 5.59. The first kappa shape index (κ1) is 7.95. The number of nitrogens with one attached hydrogen (secondary N) is 1. The molecule has 0 aromatic carbocycles. The number of hydrogen-bond donors (Lipinski definition) is 2. The number of rotatable bonds is 3. The Bertz CT molecular complexity index is 134. The molecule has 0 aliphatic rings. The van der Waals surface area contributed by atoms with Gasteiger partial charge in [-0.25, -0.2) is 0 Å². The highest BCUT2D eigenvalue weighted by Gasteiger charge is 1.74. The van der Waals surface area contributed by atoms with Crippen LogP contribution in [0, 0.1) is 5.41 Å². The number of nitrogens with two attached hydrogens (primary N) is 1. The molecule has 2 nitrogen and oxygen atoms in total. The van der Waals surface area contributed by atoms with Crippen LogP contribution in [0.4, 0.5) is 0 Å². The molecule has 0 rings (SSSR count). The molecular weight excluding hydrogens is 112 g/mol. The molecule has 0 aliphatic carbocycles. The van der Waals surface area contributed by atoms with E-state index in [9.17, 15) is 0 Å². The summed E-state index contributed by atoms with van der Waals surface area (Å²) in [5.41, 5.74) is 6.02. The third kappa shape index (κ3) is 4.81. The molecule has 50 valence electrons. The summed E-state index contributed by atoms with van der Waals surface area (Å²) in [6.45, 7) is 2.04. The van der Waals surface area contributed by atoms with E-state index in [1.54, 1.807) is 12.2 Å². The average molecular weight is 124 g/mol. The SMILES string of the molecule is CC/C=C/C(N)=C/C=N. The van der Waals surface area contributed by atoms with Crippen molar-refractivity contribution in [2.75, 3.05) is 0 Å². The lowest BCUT2D eigenvalue weighted by molar-refractivity contribution is 1.21. The highest BCUT2D eigenvalue weighted by atomic mass is 14.6. The van der Waals surface area contributed by atoms with Crippen LogP contribution in [0.5, 0.6) is 0 Å². The molecule has 0 radical (unpaired) electrons. The van der Waals surface area contributed by atoms with Crippen molar-refractivity contribution in [1.29, 1.82) is 5.41 Å². The van der Waals surface area contributed by atoms with Crippen LogP contribution in [0.3, 0.4) is 0 Å². The Morgan fingerprint density at radius 1 is 1.67 bits per heavy atom. The van der Waals surface area contributed by atoms with Crippen LogP contribution in [0.15, 0.2) is 23.9 Å². The first-order valence-electron chi connectivity index (χ1n) is 2.94. The summed E-state index contributed by atoms with van der Waals surface area (Å²) in [5.74, 6) is 0. The fourth-order valence-corrected chi connectivity index (χ4v) is 0.406. The monoisotopic (exact) mass is 124 g/mol. The predicted molar refractivity (Wildman–Crippen MR) is 40.5 cm³/mol. The normalized spacial score (nSPS) is 12.3. The molecule has 0 spiro atoms. The summed E-state index contributed by atoms with van der Waals surface area (Å²) in [4.78, 5) is 0. The Balaban J connectivity index is 3.74.